The molecule has 1 aromatic carbocycles. The normalized spacial score (nSPS) is 11.2. The molecule has 108 valence electrons. The molecule has 2 heterocycles. The maximum absolute atomic E-state index is 6.33. The lowest BCUT2D eigenvalue weighted by Crippen LogP contribution is -2.03. The average molecular weight is 361 g/mol. The summed E-state index contributed by atoms with van der Waals surface area (Å²) >= 11 is 24.3. The van der Waals surface area contributed by atoms with Crippen LogP contribution < -0.4 is 0 Å². The first-order chi connectivity index (χ1) is 10.1. The number of hydrogen-bond acceptors (Lipinski definition) is 2. The standard InChI is InChI=1S/C14H9Cl4N3/c15-3-1-14-20-11-7-19-4-2-12(11)21(14)13-6-9(17)8(16)5-10(13)18/h2,4-7H,1,3H2. The minimum atomic E-state index is 0.412. The third-order valence-corrected chi connectivity index (χ3v) is 4.29. The number of rotatable bonds is 3. The molecule has 3 nitrogen and oxygen atoms in total. The maximum atomic E-state index is 6.33. The summed E-state index contributed by atoms with van der Waals surface area (Å²) in [5.41, 5.74) is 2.39. The highest BCUT2D eigenvalue weighted by molar-refractivity contribution is 6.43. The second-order valence-electron chi connectivity index (χ2n) is 4.38. The van der Waals surface area contributed by atoms with Crippen molar-refractivity contribution in [1.82, 2.24) is 14.5 Å². The van der Waals surface area contributed by atoms with E-state index in [2.05, 4.69) is 9.97 Å². The highest BCUT2D eigenvalue weighted by atomic mass is 35.5. The minimum absolute atomic E-state index is 0.412. The Hall–Kier alpha value is -1.000. The van der Waals surface area contributed by atoms with Gasteiger partial charge in [-0.25, -0.2) is 4.98 Å². The third-order valence-electron chi connectivity index (χ3n) is 3.07. The van der Waals surface area contributed by atoms with Gasteiger partial charge in [-0.2, -0.15) is 0 Å². The molecule has 0 N–H and O–H groups in total. The zero-order valence-corrected chi connectivity index (χ0v) is 13.7. The summed E-state index contributed by atoms with van der Waals surface area (Å²) in [4.78, 5) is 8.64. The number of pyridine rings is 1. The van der Waals surface area contributed by atoms with E-state index in [4.69, 9.17) is 46.4 Å². The number of imidazole rings is 1. The Morgan fingerprint density at radius 3 is 2.57 bits per heavy atom. The first kappa shape index (κ1) is 14.9. The van der Waals surface area contributed by atoms with Crippen LogP contribution in [0.15, 0.2) is 30.6 Å². The zero-order valence-electron chi connectivity index (χ0n) is 10.7. The van der Waals surface area contributed by atoms with Crippen LogP contribution in [0, 0.1) is 0 Å². The summed E-state index contributed by atoms with van der Waals surface area (Å²) in [6.45, 7) is 0. The molecular weight excluding hydrogens is 352 g/mol. The number of nitrogens with zero attached hydrogens (tertiary/aromatic N) is 3. The Bertz CT molecular complexity index is 813. The summed E-state index contributed by atoms with van der Waals surface area (Å²) in [5, 5.41) is 1.34. The molecule has 0 aliphatic carbocycles. The van der Waals surface area contributed by atoms with Crippen LogP contribution >= 0.6 is 46.4 Å². The van der Waals surface area contributed by atoms with Crippen LogP contribution in [-0.2, 0) is 6.42 Å². The van der Waals surface area contributed by atoms with E-state index < -0.39 is 0 Å². The summed E-state index contributed by atoms with van der Waals surface area (Å²) < 4.78 is 1.93. The maximum Gasteiger partial charge on any atom is 0.115 e. The molecular formula is C14H9Cl4N3. The number of alkyl halides is 1. The summed E-state index contributed by atoms with van der Waals surface area (Å²) in [7, 11) is 0. The zero-order chi connectivity index (χ0) is 15.0. The molecule has 0 radical (unpaired) electrons. The van der Waals surface area contributed by atoms with E-state index >= 15 is 0 Å². The lowest BCUT2D eigenvalue weighted by atomic mass is 10.3. The van der Waals surface area contributed by atoms with Gasteiger partial charge in [-0.15, -0.1) is 11.6 Å². The fraction of sp³-hybridized carbons (Fsp3) is 0.143. The summed E-state index contributed by atoms with van der Waals surface area (Å²) in [6, 6.07) is 5.22. The molecule has 2 aromatic heterocycles. The molecule has 0 spiro atoms. The monoisotopic (exact) mass is 359 g/mol. The van der Waals surface area contributed by atoms with Crippen molar-refractivity contribution in [2.24, 2.45) is 0 Å². The first-order valence-corrected chi connectivity index (χ1v) is 7.81. The van der Waals surface area contributed by atoms with Crippen molar-refractivity contribution < 1.29 is 0 Å². The van der Waals surface area contributed by atoms with Gasteiger partial charge in [0, 0.05) is 18.5 Å². The molecule has 0 aliphatic rings. The molecule has 3 rings (SSSR count). The second-order valence-corrected chi connectivity index (χ2v) is 5.98. The molecule has 0 unspecified atom stereocenters. The van der Waals surface area contributed by atoms with Crippen molar-refractivity contribution in [3.63, 3.8) is 0 Å². The van der Waals surface area contributed by atoms with Crippen molar-refractivity contribution in [2.75, 3.05) is 5.88 Å². The molecule has 7 heteroatoms. The van der Waals surface area contributed by atoms with Gasteiger partial charge in [-0.1, -0.05) is 34.8 Å². The third kappa shape index (κ3) is 2.71. The number of halogens is 4. The lowest BCUT2D eigenvalue weighted by Gasteiger charge is -2.12. The van der Waals surface area contributed by atoms with Crippen LogP contribution in [0.5, 0.6) is 0 Å². The van der Waals surface area contributed by atoms with E-state index in [0.29, 0.717) is 27.4 Å². The number of benzene rings is 1. The molecule has 0 amide bonds. The molecule has 0 bridgehead atoms. The Balaban J connectivity index is 2.32. The van der Waals surface area contributed by atoms with Crippen molar-refractivity contribution in [1.29, 1.82) is 0 Å². The lowest BCUT2D eigenvalue weighted by molar-refractivity contribution is 0.912. The Labute approximate surface area is 141 Å². The predicted molar refractivity (Wildman–Crippen MR) is 88.3 cm³/mol. The van der Waals surface area contributed by atoms with Gasteiger partial charge in [0.05, 0.1) is 32.5 Å². The minimum Gasteiger partial charge on any atom is -0.295 e. The smallest absolute Gasteiger partial charge is 0.115 e. The number of aromatic nitrogens is 3. The number of hydrogen-bond donors (Lipinski definition) is 0. The van der Waals surface area contributed by atoms with Crippen LogP contribution in [-0.4, -0.2) is 20.4 Å². The molecule has 21 heavy (non-hydrogen) atoms. The van der Waals surface area contributed by atoms with Gasteiger partial charge in [0.1, 0.15) is 11.3 Å². The first-order valence-electron chi connectivity index (χ1n) is 6.14. The molecule has 0 saturated carbocycles. The highest BCUT2D eigenvalue weighted by Gasteiger charge is 2.16. The van der Waals surface area contributed by atoms with Gasteiger partial charge in [0.25, 0.3) is 0 Å². The highest BCUT2D eigenvalue weighted by Crippen LogP contribution is 2.33. The Kier molecular flexibility index (Phi) is 4.27. The van der Waals surface area contributed by atoms with E-state index in [-0.39, 0.29) is 0 Å². The van der Waals surface area contributed by atoms with Crippen molar-refractivity contribution >= 4 is 57.4 Å². The largest absolute Gasteiger partial charge is 0.295 e. The number of fused-ring (bicyclic) bond motifs is 1. The van der Waals surface area contributed by atoms with E-state index in [1.165, 1.54) is 0 Å². The van der Waals surface area contributed by atoms with Gasteiger partial charge in [-0.05, 0) is 18.2 Å². The predicted octanol–water partition coefficient (Wildman–Crippen LogP) is 5.16. The fourth-order valence-electron chi connectivity index (χ4n) is 2.19. The van der Waals surface area contributed by atoms with Gasteiger partial charge >= 0.3 is 0 Å². The van der Waals surface area contributed by atoms with Gasteiger partial charge in [0.2, 0.25) is 0 Å². The molecule has 0 fully saturated rings. The fourth-order valence-corrected chi connectivity index (χ4v) is 2.98. The van der Waals surface area contributed by atoms with Gasteiger partial charge in [-0.3, -0.25) is 9.55 Å². The average Bonchev–Trinajstić information content (AvgIpc) is 2.81. The van der Waals surface area contributed by atoms with E-state index in [0.717, 1.165) is 22.5 Å². The van der Waals surface area contributed by atoms with E-state index in [1.807, 2.05) is 10.6 Å². The molecule has 0 saturated heterocycles. The van der Waals surface area contributed by atoms with Crippen LogP contribution in [0.25, 0.3) is 16.7 Å². The summed E-state index contributed by atoms with van der Waals surface area (Å²) in [5.74, 6) is 1.25. The second kappa shape index (κ2) is 6.01. The molecule has 3 aromatic rings. The molecule has 0 aliphatic heterocycles. The number of aryl methyl sites for hydroxylation is 1. The van der Waals surface area contributed by atoms with Crippen LogP contribution in [0.3, 0.4) is 0 Å². The summed E-state index contributed by atoms with van der Waals surface area (Å²) in [6.07, 6.45) is 4.01. The van der Waals surface area contributed by atoms with Crippen LogP contribution in [0.1, 0.15) is 5.82 Å². The van der Waals surface area contributed by atoms with Crippen molar-refractivity contribution in [2.45, 2.75) is 6.42 Å². The van der Waals surface area contributed by atoms with Crippen molar-refractivity contribution in [3.8, 4) is 5.69 Å². The SMILES string of the molecule is ClCCc1nc2cnccc2n1-c1cc(Cl)c(Cl)cc1Cl. The molecule has 0 atom stereocenters. The van der Waals surface area contributed by atoms with Crippen LogP contribution in [0.2, 0.25) is 15.1 Å². The van der Waals surface area contributed by atoms with Crippen molar-refractivity contribution in [3.05, 3.63) is 51.5 Å². The Morgan fingerprint density at radius 1 is 1.05 bits per heavy atom. The Morgan fingerprint density at radius 2 is 1.81 bits per heavy atom. The van der Waals surface area contributed by atoms with E-state index in [1.54, 1.807) is 24.5 Å². The topological polar surface area (TPSA) is 30.7 Å². The van der Waals surface area contributed by atoms with Gasteiger partial charge in [0.15, 0.2) is 0 Å². The quantitative estimate of drug-likeness (QED) is 0.477. The van der Waals surface area contributed by atoms with Gasteiger partial charge < -0.3 is 0 Å². The van der Waals surface area contributed by atoms with Crippen LogP contribution in [0.4, 0.5) is 0 Å². The van der Waals surface area contributed by atoms with E-state index in [9.17, 15) is 0 Å².